The first kappa shape index (κ1) is 15.9. The first-order valence-corrected chi connectivity index (χ1v) is 7.65. The van der Waals surface area contributed by atoms with Crippen LogP contribution in [0, 0.1) is 5.92 Å². The molecule has 0 spiro atoms. The number of aryl methyl sites for hydroxylation is 1. The zero-order valence-corrected chi connectivity index (χ0v) is 12.9. The summed E-state index contributed by atoms with van der Waals surface area (Å²) in [6.45, 7) is -0.420. The Morgan fingerprint density at radius 3 is 3.08 bits per heavy atom. The highest BCUT2D eigenvalue weighted by Gasteiger charge is 2.25. The summed E-state index contributed by atoms with van der Waals surface area (Å²) < 4.78 is 5.11. The molecule has 1 aromatic carbocycles. The largest absolute Gasteiger partial charge is 0.482 e. The van der Waals surface area contributed by atoms with Crippen molar-refractivity contribution in [2.75, 3.05) is 11.9 Å². The Bertz CT molecular complexity index is 763. The van der Waals surface area contributed by atoms with E-state index in [4.69, 9.17) is 9.84 Å². The minimum Gasteiger partial charge on any atom is -0.482 e. The van der Waals surface area contributed by atoms with E-state index in [1.54, 1.807) is 30.5 Å². The first-order valence-electron chi connectivity index (χ1n) is 7.65. The first-order chi connectivity index (χ1) is 11.6. The fraction of sp³-hybridized carbons (Fsp3) is 0.294. The SMILES string of the molecule is O=C(O)COc1cccc(NC(=O)C2CCc3ncncc3C2)c1. The van der Waals surface area contributed by atoms with E-state index in [0.29, 0.717) is 17.9 Å². The summed E-state index contributed by atoms with van der Waals surface area (Å²) in [6.07, 6.45) is 5.42. The van der Waals surface area contributed by atoms with Gasteiger partial charge in [-0.3, -0.25) is 4.79 Å². The molecule has 0 aliphatic heterocycles. The average molecular weight is 327 g/mol. The van der Waals surface area contributed by atoms with Crippen molar-refractivity contribution in [2.24, 2.45) is 5.92 Å². The number of amides is 1. The summed E-state index contributed by atoms with van der Waals surface area (Å²) in [4.78, 5) is 31.3. The Labute approximate surface area is 138 Å². The van der Waals surface area contributed by atoms with E-state index in [1.165, 1.54) is 6.33 Å². The molecule has 7 heteroatoms. The van der Waals surface area contributed by atoms with Crippen LogP contribution < -0.4 is 10.1 Å². The van der Waals surface area contributed by atoms with Gasteiger partial charge < -0.3 is 15.2 Å². The molecule has 1 aromatic heterocycles. The second-order valence-corrected chi connectivity index (χ2v) is 5.63. The number of ether oxygens (including phenoxy) is 1. The van der Waals surface area contributed by atoms with Crippen LogP contribution in [0.1, 0.15) is 17.7 Å². The number of hydrogen-bond acceptors (Lipinski definition) is 5. The monoisotopic (exact) mass is 327 g/mol. The van der Waals surface area contributed by atoms with Crippen molar-refractivity contribution >= 4 is 17.6 Å². The highest BCUT2D eigenvalue weighted by Crippen LogP contribution is 2.25. The van der Waals surface area contributed by atoms with Gasteiger partial charge in [0.1, 0.15) is 12.1 Å². The third kappa shape index (κ3) is 3.87. The van der Waals surface area contributed by atoms with Crippen LogP contribution in [0.25, 0.3) is 0 Å². The van der Waals surface area contributed by atoms with Crippen LogP contribution in [0.2, 0.25) is 0 Å². The molecule has 24 heavy (non-hydrogen) atoms. The van der Waals surface area contributed by atoms with E-state index in [-0.39, 0.29) is 11.8 Å². The number of aliphatic carboxylic acids is 1. The lowest BCUT2D eigenvalue weighted by Gasteiger charge is -2.22. The van der Waals surface area contributed by atoms with Crippen molar-refractivity contribution < 1.29 is 19.4 Å². The van der Waals surface area contributed by atoms with Crippen molar-refractivity contribution in [3.05, 3.63) is 48.0 Å². The minimum atomic E-state index is -1.05. The second kappa shape index (κ2) is 7.08. The summed E-state index contributed by atoms with van der Waals surface area (Å²) in [5, 5.41) is 11.5. The zero-order valence-electron chi connectivity index (χ0n) is 12.9. The van der Waals surface area contributed by atoms with Gasteiger partial charge in [-0.2, -0.15) is 0 Å². The molecule has 0 bridgehead atoms. The van der Waals surface area contributed by atoms with Gasteiger partial charge in [0.05, 0.1) is 0 Å². The molecule has 1 aliphatic rings. The van der Waals surface area contributed by atoms with Crippen LogP contribution in [-0.2, 0) is 22.4 Å². The highest BCUT2D eigenvalue weighted by molar-refractivity contribution is 5.93. The van der Waals surface area contributed by atoms with E-state index in [0.717, 1.165) is 24.1 Å². The quantitative estimate of drug-likeness (QED) is 0.866. The fourth-order valence-corrected chi connectivity index (χ4v) is 2.73. The molecule has 1 unspecified atom stereocenters. The van der Waals surface area contributed by atoms with Gasteiger partial charge in [-0.15, -0.1) is 0 Å². The lowest BCUT2D eigenvalue weighted by molar-refractivity contribution is -0.139. The Hall–Kier alpha value is -2.96. The normalized spacial score (nSPS) is 16.1. The zero-order chi connectivity index (χ0) is 16.9. The van der Waals surface area contributed by atoms with Gasteiger partial charge in [0, 0.05) is 29.6 Å². The molecule has 0 radical (unpaired) electrons. The molecule has 2 aromatic rings. The maximum absolute atomic E-state index is 12.5. The van der Waals surface area contributed by atoms with Gasteiger partial charge in [-0.05, 0) is 37.0 Å². The second-order valence-electron chi connectivity index (χ2n) is 5.63. The third-order valence-electron chi connectivity index (χ3n) is 3.91. The summed E-state index contributed by atoms with van der Waals surface area (Å²) in [5.74, 6) is -0.850. The number of hydrogen-bond donors (Lipinski definition) is 2. The predicted octanol–water partition coefficient (Wildman–Crippen LogP) is 1.68. The van der Waals surface area contributed by atoms with Crippen LogP contribution in [0.5, 0.6) is 5.75 Å². The predicted molar refractivity (Wildman–Crippen MR) is 85.7 cm³/mol. The van der Waals surface area contributed by atoms with Crippen molar-refractivity contribution in [1.29, 1.82) is 0 Å². The van der Waals surface area contributed by atoms with Crippen LogP contribution in [0.3, 0.4) is 0 Å². The van der Waals surface area contributed by atoms with Crippen LogP contribution >= 0.6 is 0 Å². The number of nitrogens with zero attached hydrogens (tertiary/aromatic N) is 2. The van der Waals surface area contributed by atoms with Gasteiger partial charge in [0.25, 0.3) is 0 Å². The molecule has 3 rings (SSSR count). The van der Waals surface area contributed by atoms with Crippen LogP contribution in [0.15, 0.2) is 36.8 Å². The van der Waals surface area contributed by atoms with Crippen LogP contribution in [0.4, 0.5) is 5.69 Å². The molecule has 0 saturated carbocycles. The summed E-state index contributed by atoms with van der Waals surface area (Å²) in [6, 6.07) is 6.70. The van der Waals surface area contributed by atoms with Gasteiger partial charge in [0.2, 0.25) is 5.91 Å². The number of fused-ring (bicyclic) bond motifs is 1. The molecule has 1 aliphatic carbocycles. The standard InChI is InChI=1S/C17H17N3O4/c21-16(22)9-24-14-3-1-2-13(7-14)20-17(23)11-4-5-15-12(6-11)8-18-10-19-15/h1-3,7-8,10-11H,4-6,9H2,(H,20,23)(H,21,22). The number of rotatable bonds is 5. The van der Waals surface area contributed by atoms with Gasteiger partial charge in [-0.1, -0.05) is 6.07 Å². The Morgan fingerprint density at radius 2 is 2.25 bits per heavy atom. The van der Waals surface area contributed by atoms with Crippen LogP contribution in [-0.4, -0.2) is 33.6 Å². The molecule has 1 amide bonds. The summed E-state index contributed by atoms with van der Waals surface area (Å²) in [5.41, 5.74) is 2.61. The van der Waals surface area contributed by atoms with Crippen molar-refractivity contribution in [2.45, 2.75) is 19.3 Å². The average Bonchev–Trinajstić information content (AvgIpc) is 2.60. The summed E-state index contributed by atoms with van der Waals surface area (Å²) in [7, 11) is 0. The molecule has 7 nitrogen and oxygen atoms in total. The molecular weight excluding hydrogens is 310 g/mol. The van der Waals surface area contributed by atoms with E-state index < -0.39 is 12.6 Å². The number of benzene rings is 1. The molecule has 0 saturated heterocycles. The molecule has 124 valence electrons. The number of aromatic nitrogens is 2. The topological polar surface area (TPSA) is 101 Å². The van der Waals surface area contributed by atoms with Gasteiger partial charge in [0.15, 0.2) is 6.61 Å². The fourth-order valence-electron chi connectivity index (χ4n) is 2.73. The molecule has 2 N–H and O–H groups in total. The van der Waals surface area contributed by atoms with Gasteiger partial charge in [-0.25, -0.2) is 14.8 Å². The highest BCUT2D eigenvalue weighted by atomic mass is 16.5. The minimum absolute atomic E-state index is 0.0695. The van der Waals surface area contributed by atoms with Crippen molar-refractivity contribution in [1.82, 2.24) is 9.97 Å². The lowest BCUT2D eigenvalue weighted by Crippen LogP contribution is -2.28. The molecule has 1 atom stereocenters. The number of nitrogens with one attached hydrogen (secondary N) is 1. The van der Waals surface area contributed by atoms with Gasteiger partial charge >= 0.3 is 5.97 Å². The smallest absolute Gasteiger partial charge is 0.341 e. The van der Waals surface area contributed by atoms with Crippen molar-refractivity contribution in [3.63, 3.8) is 0 Å². The maximum atomic E-state index is 12.5. The number of carboxylic acids is 1. The van der Waals surface area contributed by atoms with E-state index in [9.17, 15) is 9.59 Å². The van der Waals surface area contributed by atoms with E-state index in [1.807, 2.05) is 0 Å². The van der Waals surface area contributed by atoms with E-state index >= 15 is 0 Å². The Morgan fingerprint density at radius 1 is 1.38 bits per heavy atom. The lowest BCUT2D eigenvalue weighted by atomic mass is 9.86. The maximum Gasteiger partial charge on any atom is 0.341 e. The number of carboxylic acid groups (broad SMARTS) is 1. The molecule has 0 fully saturated rings. The number of anilines is 1. The molecule has 1 heterocycles. The van der Waals surface area contributed by atoms with Crippen molar-refractivity contribution in [3.8, 4) is 5.75 Å². The Balaban J connectivity index is 1.63. The number of carbonyl (C=O) groups excluding carboxylic acids is 1. The molecular formula is C17H17N3O4. The third-order valence-corrected chi connectivity index (χ3v) is 3.91. The summed E-state index contributed by atoms with van der Waals surface area (Å²) >= 11 is 0. The Kier molecular flexibility index (Phi) is 4.69. The number of carbonyl (C=O) groups is 2. The van der Waals surface area contributed by atoms with E-state index in [2.05, 4.69) is 15.3 Å².